The minimum atomic E-state index is -6.17. The van der Waals surface area contributed by atoms with Crippen molar-refractivity contribution in [1.29, 1.82) is 36.8 Å². The molecule has 0 heterocycles. The summed E-state index contributed by atoms with van der Waals surface area (Å²) in [6.45, 7) is 4.75. The van der Waals surface area contributed by atoms with Crippen molar-refractivity contribution < 1.29 is 40.3 Å². The second-order valence-corrected chi connectivity index (χ2v) is 7.42. The quantitative estimate of drug-likeness (QED) is 0.335. The van der Waals surface area contributed by atoms with Crippen molar-refractivity contribution in [1.82, 2.24) is 0 Å². The van der Waals surface area contributed by atoms with E-state index in [4.69, 9.17) is 43.4 Å². The number of hydrogen-bond acceptors (Lipinski definition) is 7. The summed E-state index contributed by atoms with van der Waals surface area (Å²) in [5.74, 6) is 0. The fourth-order valence-electron chi connectivity index (χ4n) is 0.265. The zero-order chi connectivity index (χ0) is 12.7. The van der Waals surface area contributed by atoms with Gasteiger partial charge < -0.3 is 11.8 Å². The maximum atomic E-state index is 8.58. The summed E-state index contributed by atoms with van der Waals surface area (Å²) in [5, 5.41) is 57.7. The van der Waals surface area contributed by atoms with Crippen LogP contribution in [0.4, 0.5) is 0 Å². The Morgan fingerprint density at radius 1 is 0.562 bits per heavy atom. The Labute approximate surface area is 113 Å². The van der Waals surface area contributed by atoms with E-state index in [1.165, 1.54) is 0 Å². The van der Waals surface area contributed by atoms with Gasteiger partial charge in [-0.2, -0.15) is 0 Å². The Morgan fingerprint density at radius 3 is 0.688 bits per heavy atom. The minimum absolute atomic E-state index is 0. The van der Waals surface area contributed by atoms with Gasteiger partial charge in [-0.15, -0.1) is 0 Å². The first-order chi connectivity index (χ1) is 6.97. The third-order valence-electron chi connectivity index (χ3n) is 1.19. The Hall–Kier alpha value is -2.05. The maximum Gasteiger partial charge on any atom is 1.00 e. The molecule has 0 amide bonds. The SMILES string of the molecule is N#[C][Fe-4]([C]#N)([C]#N)([C]#N)([C]#N)[C]#N.[C-]#N.[Na+]. The van der Waals surface area contributed by atoms with Gasteiger partial charge in [0.25, 0.3) is 0 Å². The van der Waals surface area contributed by atoms with Gasteiger partial charge >= 0.3 is 102 Å². The van der Waals surface area contributed by atoms with Crippen molar-refractivity contribution in [2.45, 2.75) is 0 Å². The summed E-state index contributed by atoms with van der Waals surface area (Å²) in [7, 11) is -6.17. The smallest absolute Gasteiger partial charge is 0.512 e. The van der Waals surface area contributed by atoms with Gasteiger partial charge in [-0.05, 0) is 0 Å². The van der Waals surface area contributed by atoms with E-state index < -0.39 is 10.7 Å². The number of hydrogen-bond donors (Lipinski definition) is 0. The molecule has 16 heavy (non-hydrogen) atoms. The molecule has 0 N–H and O–H groups in total. The molecule has 0 unspecified atom stereocenters. The van der Waals surface area contributed by atoms with E-state index in [0.29, 0.717) is 0 Å². The number of nitrogens with zero attached hydrogens (tertiary/aromatic N) is 7. The third-order valence-corrected chi connectivity index (χ3v) is 4.89. The summed E-state index contributed by atoms with van der Waals surface area (Å²) < 4.78 is 0. The van der Waals surface area contributed by atoms with Crippen LogP contribution in [-0.2, 0) is 10.7 Å². The summed E-state index contributed by atoms with van der Waals surface area (Å²) in [5.41, 5.74) is 0. The number of nitriles is 6. The molecule has 0 atom stereocenters. The van der Waals surface area contributed by atoms with Crippen molar-refractivity contribution in [2.24, 2.45) is 0 Å². The first-order valence-electron chi connectivity index (χ1n) is 2.63. The van der Waals surface area contributed by atoms with Crippen LogP contribution in [-0.4, -0.2) is 0 Å². The van der Waals surface area contributed by atoms with Gasteiger partial charge in [-0.1, -0.05) is 0 Å². The first kappa shape index (κ1) is 19.5. The molecule has 0 saturated carbocycles. The Kier molecular flexibility index (Phi) is 6.28. The molecule has 0 aromatic heterocycles. The van der Waals surface area contributed by atoms with Crippen molar-refractivity contribution in [3.8, 4) is 29.8 Å². The normalized spacial score (nSPS) is 11.0. The van der Waals surface area contributed by atoms with Gasteiger partial charge in [0.2, 0.25) is 0 Å². The molecule has 0 aliphatic rings. The van der Waals surface area contributed by atoms with Crippen molar-refractivity contribution in [3.63, 3.8) is 0 Å². The van der Waals surface area contributed by atoms with Crippen LogP contribution in [0.3, 0.4) is 0 Å². The molecule has 7 nitrogen and oxygen atoms in total. The molecule has 0 aromatic rings. The molecule has 0 bridgehead atoms. The molecule has 0 rings (SSSR count). The summed E-state index contributed by atoms with van der Waals surface area (Å²) in [6.07, 6.45) is 0. The van der Waals surface area contributed by atoms with E-state index in [1.807, 2.05) is 0 Å². The van der Waals surface area contributed by atoms with Crippen LogP contribution in [0.25, 0.3) is 0 Å². The van der Waals surface area contributed by atoms with Gasteiger partial charge in [0, 0.05) is 0 Å². The topological polar surface area (TPSA) is 167 Å². The predicted octanol–water partition coefficient (Wildman–Crippen LogP) is -2.80. The van der Waals surface area contributed by atoms with Crippen LogP contribution in [0.15, 0.2) is 0 Å². The Morgan fingerprint density at radius 2 is 0.688 bits per heavy atom. The van der Waals surface area contributed by atoms with Crippen molar-refractivity contribution >= 4 is 0 Å². The van der Waals surface area contributed by atoms with E-state index in [-0.39, 0.29) is 29.6 Å². The zero-order valence-corrected chi connectivity index (χ0v) is 11.1. The van der Waals surface area contributed by atoms with Crippen LogP contribution in [0.2, 0.25) is 0 Å². The molecule has 0 radical (unpaired) electrons. The Balaban J connectivity index is -0.000000529. The monoisotopic (exact) mass is 261 g/mol. The average Bonchev–Trinajstić information content (AvgIpc) is 2.39. The fraction of sp³-hybridized carbons (Fsp3) is 0. The summed E-state index contributed by atoms with van der Waals surface area (Å²) in [6, 6.07) is 0. The van der Waals surface area contributed by atoms with Gasteiger partial charge in [-0.25, -0.2) is 0 Å². The van der Waals surface area contributed by atoms with Gasteiger partial charge in [-0.3, -0.25) is 0 Å². The summed E-state index contributed by atoms with van der Waals surface area (Å²) >= 11 is 0. The molecule has 0 fully saturated rings. The van der Waals surface area contributed by atoms with E-state index in [1.54, 1.807) is 0 Å². The van der Waals surface area contributed by atoms with Crippen LogP contribution in [0, 0.1) is 73.2 Å². The third kappa shape index (κ3) is 1.83. The van der Waals surface area contributed by atoms with Crippen molar-refractivity contribution in [2.75, 3.05) is 0 Å². The molecule has 9 heteroatoms. The van der Waals surface area contributed by atoms with Crippen molar-refractivity contribution in [3.05, 3.63) is 6.57 Å². The fourth-order valence-corrected chi connectivity index (χ4v) is 1.09. The van der Waals surface area contributed by atoms with Gasteiger partial charge in [0.05, 0.1) is 0 Å². The molecule has 0 aliphatic heterocycles. The molecular weight excluding hydrogens is 261 g/mol. The maximum absolute atomic E-state index is 8.58. The zero-order valence-electron chi connectivity index (χ0n) is 7.98. The molecule has 0 saturated heterocycles. The average molecular weight is 261 g/mol. The minimum Gasteiger partial charge on any atom is -0.512 e. The predicted molar refractivity (Wildman–Crippen MR) is 38.6 cm³/mol. The van der Waals surface area contributed by atoms with E-state index >= 15 is 0 Å². The van der Waals surface area contributed by atoms with Gasteiger partial charge in [0.15, 0.2) is 0 Å². The second-order valence-electron chi connectivity index (χ2n) is 1.80. The second kappa shape index (κ2) is 5.15. The molecule has 0 spiro atoms. The number of rotatable bonds is 0. The Bertz CT molecular complexity index is 433. The van der Waals surface area contributed by atoms with Crippen LogP contribution >= 0.6 is 0 Å². The molecule has 0 aromatic carbocycles. The van der Waals surface area contributed by atoms with Crippen LogP contribution in [0.5, 0.6) is 0 Å². The largest absolute Gasteiger partial charge is 1.00 e. The van der Waals surface area contributed by atoms with Crippen LogP contribution in [0.1, 0.15) is 0 Å². The molecular formula is C7FeN7Na-4. The standard InChI is InChI=1S/7CN.Fe.Na/c7*1-2;;/q;;;;;;-1;-4;+1. The first-order valence-corrected chi connectivity index (χ1v) is 5.94. The summed E-state index contributed by atoms with van der Waals surface area (Å²) in [4.78, 5) is 6.19. The molecule has 76 valence electrons. The van der Waals surface area contributed by atoms with E-state index in [9.17, 15) is 0 Å². The van der Waals surface area contributed by atoms with Crippen LogP contribution < -0.4 is 29.6 Å². The van der Waals surface area contributed by atoms with E-state index in [2.05, 4.69) is 0 Å². The van der Waals surface area contributed by atoms with E-state index in [0.717, 1.165) is 29.8 Å². The van der Waals surface area contributed by atoms with Gasteiger partial charge in [0.1, 0.15) is 0 Å². The molecule has 0 aliphatic carbocycles.